The molecule has 1 aliphatic carbocycles. The average Bonchev–Trinajstić information content (AvgIpc) is 2.19. The van der Waals surface area contributed by atoms with Gasteiger partial charge >= 0.3 is 0 Å². The first-order valence-corrected chi connectivity index (χ1v) is 4.67. The summed E-state index contributed by atoms with van der Waals surface area (Å²) in [6, 6.07) is 0. The fourth-order valence-electron chi connectivity index (χ4n) is 1.66. The van der Waals surface area contributed by atoms with Crippen molar-refractivity contribution in [3.8, 4) is 0 Å². The van der Waals surface area contributed by atoms with Crippen molar-refractivity contribution in [2.75, 3.05) is 6.61 Å². The van der Waals surface area contributed by atoms with Crippen LogP contribution < -0.4 is 5.32 Å². The second kappa shape index (κ2) is 3.64. The summed E-state index contributed by atoms with van der Waals surface area (Å²) in [4.78, 5) is 11.0. The quantitative estimate of drug-likeness (QED) is 0.662. The van der Waals surface area contributed by atoms with E-state index in [0.717, 1.165) is 18.5 Å². The Bertz CT molecular complexity index is 279. The molecule has 0 radical (unpaired) electrons. The lowest BCUT2D eigenvalue weighted by atomic mass is 9.97. The van der Waals surface area contributed by atoms with E-state index < -0.39 is 0 Å². The van der Waals surface area contributed by atoms with Crippen LogP contribution in [0.1, 0.15) is 25.7 Å². The third kappa shape index (κ3) is 1.91. The molecule has 2 rings (SSSR count). The number of hydrogen-bond donors (Lipinski definition) is 1. The van der Waals surface area contributed by atoms with E-state index in [-0.39, 0.29) is 12.5 Å². The Morgan fingerprint density at radius 3 is 3.00 bits per heavy atom. The molecule has 3 nitrogen and oxygen atoms in total. The summed E-state index contributed by atoms with van der Waals surface area (Å²) in [5.74, 6) is -0.0519. The number of carbonyl (C=O) groups excluding carboxylic acids is 1. The lowest BCUT2D eigenvalue weighted by molar-refractivity contribution is -0.124. The van der Waals surface area contributed by atoms with Gasteiger partial charge in [-0.25, -0.2) is 0 Å². The second-order valence-corrected chi connectivity index (χ2v) is 3.37. The number of allylic oxidation sites excluding steroid dienone is 2. The van der Waals surface area contributed by atoms with Gasteiger partial charge in [0.25, 0.3) is 5.91 Å². The van der Waals surface area contributed by atoms with Crippen molar-refractivity contribution in [2.45, 2.75) is 25.7 Å². The van der Waals surface area contributed by atoms with Gasteiger partial charge in [-0.15, -0.1) is 0 Å². The van der Waals surface area contributed by atoms with Crippen molar-refractivity contribution in [3.05, 3.63) is 23.6 Å². The third-order valence-electron chi connectivity index (χ3n) is 2.33. The highest BCUT2D eigenvalue weighted by Gasteiger charge is 2.15. The van der Waals surface area contributed by atoms with Crippen molar-refractivity contribution in [1.29, 1.82) is 0 Å². The lowest BCUT2D eigenvalue weighted by Crippen LogP contribution is -2.31. The highest BCUT2D eigenvalue weighted by atomic mass is 16.5. The van der Waals surface area contributed by atoms with Crippen molar-refractivity contribution >= 4 is 5.91 Å². The molecule has 1 heterocycles. The van der Waals surface area contributed by atoms with Gasteiger partial charge in [0.1, 0.15) is 6.26 Å². The summed E-state index contributed by atoms with van der Waals surface area (Å²) >= 11 is 0. The SMILES string of the molecule is O=C1COC=C(C2=CCCCC2)N1. The predicted molar refractivity (Wildman–Crippen MR) is 48.7 cm³/mol. The molecule has 0 saturated heterocycles. The van der Waals surface area contributed by atoms with Crippen molar-refractivity contribution in [3.63, 3.8) is 0 Å². The molecule has 0 aromatic heterocycles. The van der Waals surface area contributed by atoms with E-state index in [0.29, 0.717) is 0 Å². The van der Waals surface area contributed by atoms with E-state index in [1.54, 1.807) is 6.26 Å². The zero-order valence-corrected chi connectivity index (χ0v) is 7.51. The molecule has 0 spiro atoms. The van der Waals surface area contributed by atoms with Crippen LogP contribution in [0.3, 0.4) is 0 Å². The average molecular weight is 179 g/mol. The molecule has 13 heavy (non-hydrogen) atoms. The number of hydrogen-bond acceptors (Lipinski definition) is 2. The molecule has 0 unspecified atom stereocenters. The van der Waals surface area contributed by atoms with Gasteiger partial charge in [0.05, 0.1) is 5.70 Å². The highest BCUT2D eigenvalue weighted by molar-refractivity contribution is 5.80. The van der Waals surface area contributed by atoms with Crippen molar-refractivity contribution < 1.29 is 9.53 Å². The van der Waals surface area contributed by atoms with Gasteiger partial charge in [0.2, 0.25) is 0 Å². The first-order valence-electron chi connectivity index (χ1n) is 4.67. The molecule has 0 fully saturated rings. The standard InChI is InChI=1S/C10H13NO2/c12-10-7-13-6-9(11-10)8-4-2-1-3-5-8/h4,6H,1-3,5,7H2,(H,11,12). The fraction of sp³-hybridized carbons (Fsp3) is 0.500. The van der Waals surface area contributed by atoms with Gasteiger partial charge in [-0.3, -0.25) is 4.79 Å². The number of ether oxygens (including phenoxy) is 1. The van der Waals surface area contributed by atoms with Crippen LogP contribution in [0, 0.1) is 0 Å². The minimum Gasteiger partial charge on any atom is -0.489 e. The van der Waals surface area contributed by atoms with Crippen LogP contribution in [0.5, 0.6) is 0 Å². The van der Waals surface area contributed by atoms with E-state index in [4.69, 9.17) is 4.74 Å². The Hall–Kier alpha value is -1.25. The third-order valence-corrected chi connectivity index (χ3v) is 2.33. The minimum atomic E-state index is -0.0519. The van der Waals surface area contributed by atoms with Crippen molar-refractivity contribution in [1.82, 2.24) is 5.32 Å². The van der Waals surface area contributed by atoms with E-state index >= 15 is 0 Å². The molecule has 0 bridgehead atoms. The molecule has 1 N–H and O–H groups in total. The van der Waals surface area contributed by atoms with Crippen LogP contribution in [0.4, 0.5) is 0 Å². The normalized spacial score (nSPS) is 22.6. The van der Waals surface area contributed by atoms with Gasteiger partial charge < -0.3 is 10.1 Å². The zero-order chi connectivity index (χ0) is 9.10. The van der Waals surface area contributed by atoms with Gasteiger partial charge in [-0.1, -0.05) is 6.08 Å². The molecule has 0 saturated carbocycles. The Morgan fingerprint density at radius 2 is 2.31 bits per heavy atom. The molecule has 1 aliphatic heterocycles. The summed E-state index contributed by atoms with van der Waals surface area (Å²) < 4.78 is 5.03. The first-order chi connectivity index (χ1) is 6.36. The molecular weight excluding hydrogens is 166 g/mol. The highest BCUT2D eigenvalue weighted by Crippen LogP contribution is 2.23. The van der Waals surface area contributed by atoms with Gasteiger partial charge in [0, 0.05) is 0 Å². The number of rotatable bonds is 1. The fourth-order valence-corrected chi connectivity index (χ4v) is 1.66. The smallest absolute Gasteiger partial charge is 0.262 e. The van der Waals surface area contributed by atoms with Gasteiger partial charge in [-0.05, 0) is 31.3 Å². The number of amides is 1. The minimum absolute atomic E-state index is 0.0519. The second-order valence-electron chi connectivity index (χ2n) is 3.37. The van der Waals surface area contributed by atoms with Crippen LogP contribution in [0.2, 0.25) is 0 Å². The van der Waals surface area contributed by atoms with Crippen LogP contribution in [-0.4, -0.2) is 12.5 Å². The Balaban J connectivity index is 2.10. The molecule has 0 atom stereocenters. The molecule has 0 aromatic rings. The summed E-state index contributed by atoms with van der Waals surface area (Å²) in [5.41, 5.74) is 2.08. The molecule has 0 aromatic carbocycles. The first kappa shape index (κ1) is 8.35. The van der Waals surface area contributed by atoms with E-state index in [1.165, 1.54) is 18.4 Å². The summed E-state index contributed by atoms with van der Waals surface area (Å²) in [7, 11) is 0. The summed E-state index contributed by atoms with van der Waals surface area (Å²) in [6.07, 6.45) is 8.46. The van der Waals surface area contributed by atoms with Crippen LogP contribution in [0.25, 0.3) is 0 Å². The Kier molecular flexibility index (Phi) is 2.34. The Labute approximate surface area is 77.5 Å². The van der Waals surface area contributed by atoms with Crippen LogP contribution >= 0.6 is 0 Å². The zero-order valence-electron chi connectivity index (χ0n) is 7.51. The van der Waals surface area contributed by atoms with E-state index in [2.05, 4.69) is 11.4 Å². The number of carbonyl (C=O) groups is 1. The number of nitrogens with one attached hydrogen (secondary N) is 1. The van der Waals surface area contributed by atoms with E-state index in [9.17, 15) is 4.79 Å². The van der Waals surface area contributed by atoms with Crippen molar-refractivity contribution in [2.24, 2.45) is 0 Å². The van der Waals surface area contributed by atoms with Gasteiger partial charge in [0.15, 0.2) is 6.61 Å². The Morgan fingerprint density at radius 1 is 1.38 bits per heavy atom. The molecular formula is C10H13NO2. The molecule has 2 aliphatic rings. The predicted octanol–water partition coefficient (Wildman–Crippen LogP) is 1.47. The molecule has 70 valence electrons. The van der Waals surface area contributed by atoms with Gasteiger partial charge in [-0.2, -0.15) is 0 Å². The maximum absolute atomic E-state index is 11.0. The largest absolute Gasteiger partial charge is 0.489 e. The van der Waals surface area contributed by atoms with Crippen LogP contribution in [0.15, 0.2) is 23.6 Å². The monoisotopic (exact) mass is 179 g/mol. The summed E-state index contributed by atoms with van der Waals surface area (Å²) in [6.45, 7) is 0.150. The maximum atomic E-state index is 11.0. The lowest BCUT2D eigenvalue weighted by Gasteiger charge is -2.19. The molecule has 1 amide bonds. The maximum Gasteiger partial charge on any atom is 0.262 e. The topological polar surface area (TPSA) is 38.3 Å². The van der Waals surface area contributed by atoms with Crippen LogP contribution in [-0.2, 0) is 9.53 Å². The molecule has 3 heteroatoms. The van der Waals surface area contributed by atoms with E-state index in [1.807, 2.05) is 0 Å². The summed E-state index contributed by atoms with van der Waals surface area (Å²) in [5, 5.41) is 2.81.